The first-order valence-electron chi connectivity index (χ1n) is 31.4. The molecule has 0 aliphatic carbocycles. The zero-order chi connectivity index (χ0) is 67.0. The Morgan fingerprint density at radius 2 is 1.36 bits per heavy atom. The zero-order valence-electron chi connectivity index (χ0n) is 55.0. The van der Waals surface area contributed by atoms with Crippen molar-refractivity contribution in [3.8, 4) is 73.3 Å². The number of carboxylic acids is 1. The van der Waals surface area contributed by atoms with Crippen LogP contribution in [0.2, 0.25) is 23.2 Å². The van der Waals surface area contributed by atoms with Crippen molar-refractivity contribution in [3.05, 3.63) is 221 Å². The number of fused-ring (bicyclic) bond motifs is 1. The van der Waals surface area contributed by atoms with Crippen LogP contribution in [-0.2, 0) is 28.2 Å². The molecule has 1 fully saturated rings. The minimum Gasteiger partial charge on any atom is -0.543 e. The van der Waals surface area contributed by atoms with Gasteiger partial charge in [0.05, 0.1) is 49.6 Å². The van der Waals surface area contributed by atoms with Crippen molar-refractivity contribution < 1.29 is 51.9 Å². The Morgan fingerprint density at radius 1 is 0.716 bits per heavy atom. The van der Waals surface area contributed by atoms with Crippen LogP contribution in [0.1, 0.15) is 54.3 Å². The average molecular weight is 1340 g/mol. The fraction of sp³-hybridized carbons (Fsp3) is 0.293. The maximum atomic E-state index is 14.8. The summed E-state index contributed by atoms with van der Waals surface area (Å²) in [6, 6.07) is 50.7. The number of aliphatic carboxylic acids is 1. The number of methoxy groups -OCH3 is 3. The van der Waals surface area contributed by atoms with Crippen LogP contribution in [0, 0.1) is 12.7 Å². The summed E-state index contributed by atoms with van der Waals surface area (Å²) in [7, 11) is 4.62. The molecule has 2 unspecified atom stereocenters. The molecule has 1 saturated heterocycles. The lowest BCUT2D eigenvalue weighted by molar-refractivity contribution is -0.145. The quantitative estimate of drug-likeness (QED) is 0.0401. The number of nitrogens with zero attached hydrogens (tertiary/aromatic N) is 6. The van der Waals surface area contributed by atoms with Crippen LogP contribution < -0.4 is 32.8 Å². The zero-order valence-corrected chi connectivity index (χ0v) is 57.6. The van der Waals surface area contributed by atoms with E-state index in [9.17, 15) is 14.3 Å². The molecule has 2 atom stereocenters. The number of halogens is 2. The van der Waals surface area contributed by atoms with Gasteiger partial charge in [-0.25, -0.2) is 29.1 Å². The van der Waals surface area contributed by atoms with Gasteiger partial charge in [-0.1, -0.05) is 117 Å². The molecule has 4 heterocycles. The van der Waals surface area contributed by atoms with Crippen molar-refractivity contribution in [2.45, 2.75) is 76.7 Å². The third-order valence-corrected chi connectivity index (χ3v) is 23.7. The van der Waals surface area contributed by atoms with Gasteiger partial charge < -0.3 is 47.6 Å². The SMILES string of the molecule is COc1ccc(C(OCC(CN2CCN(C)CC2)Oc2ccc(-c3c(-c4ccc(F)cc4)sc4ncnc(OC(Cc5cc(O[Si](C)(C)C(C)(C)C)ccc5OCc5ccnc(-c6ccccc6OC)n5)C(=O)O)c34)c(C)c2Cl)(c2ccccc2)c2ccc(OC)cc2)cc1. The Hall–Kier alpha value is -8.95. The van der Waals surface area contributed by atoms with Crippen LogP contribution in [0.4, 0.5) is 4.39 Å². The summed E-state index contributed by atoms with van der Waals surface area (Å²) in [6.45, 7) is 16.7. The van der Waals surface area contributed by atoms with E-state index in [0.717, 1.165) is 48.4 Å². The highest BCUT2D eigenvalue weighted by Gasteiger charge is 2.41. The van der Waals surface area contributed by atoms with Crippen molar-refractivity contribution in [2.24, 2.45) is 0 Å². The number of hydrogen-bond acceptors (Lipinski definition) is 16. The first-order valence-corrected chi connectivity index (χ1v) is 35.5. The highest BCUT2D eigenvalue weighted by Crippen LogP contribution is 2.50. The van der Waals surface area contributed by atoms with E-state index in [0.29, 0.717) is 100 Å². The van der Waals surface area contributed by atoms with Crippen molar-refractivity contribution >= 4 is 47.4 Å². The van der Waals surface area contributed by atoms with Crippen LogP contribution in [0.3, 0.4) is 0 Å². The average Bonchev–Trinajstić information content (AvgIpc) is 1.72. The number of hydrogen-bond donors (Lipinski definition) is 1. The normalized spacial score (nSPS) is 13.9. The molecule has 95 heavy (non-hydrogen) atoms. The van der Waals surface area contributed by atoms with Gasteiger partial charge in [-0.15, -0.1) is 11.3 Å². The van der Waals surface area contributed by atoms with Crippen molar-refractivity contribution in [1.82, 2.24) is 29.7 Å². The van der Waals surface area contributed by atoms with E-state index in [4.69, 9.17) is 64.1 Å². The molecule has 0 bridgehead atoms. The van der Waals surface area contributed by atoms with E-state index in [1.807, 2.05) is 122 Å². The molecular weight excluding hydrogens is 1260 g/mol. The molecule has 1 aliphatic heterocycles. The van der Waals surface area contributed by atoms with Gasteiger partial charge in [-0.3, -0.25) is 4.90 Å². The predicted molar refractivity (Wildman–Crippen MR) is 373 cm³/mol. The summed E-state index contributed by atoms with van der Waals surface area (Å²) < 4.78 is 66.4. The van der Waals surface area contributed by atoms with Gasteiger partial charge in [0.1, 0.15) is 69.8 Å². The van der Waals surface area contributed by atoms with E-state index >= 15 is 0 Å². The van der Waals surface area contributed by atoms with Crippen molar-refractivity contribution in [2.75, 3.05) is 67.7 Å². The lowest BCUT2D eigenvalue weighted by Gasteiger charge is -2.39. The second-order valence-electron chi connectivity index (χ2n) is 25.0. The molecule has 0 saturated carbocycles. The number of carbonyl (C=O) groups is 1. The molecule has 492 valence electrons. The second-order valence-corrected chi connectivity index (χ2v) is 31.1. The number of thiophene rings is 1. The third kappa shape index (κ3) is 15.1. The highest BCUT2D eigenvalue weighted by atomic mass is 35.5. The van der Waals surface area contributed by atoms with Gasteiger partial charge in [-0.2, -0.15) is 0 Å². The molecule has 0 amide bonds. The summed E-state index contributed by atoms with van der Waals surface area (Å²) in [5.74, 6) is 2.23. The van der Waals surface area contributed by atoms with Gasteiger partial charge >= 0.3 is 5.97 Å². The Labute approximate surface area is 564 Å². The second kappa shape index (κ2) is 29.4. The summed E-state index contributed by atoms with van der Waals surface area (Å²) in [5, 5.41) is 11.9. The van der Waals surface area contributed by atoms with Crippen molar-refractivity contribution in [1.29, 1.82) is 0 Å². The molecule has 16 nitrogen and oxygen atoms in total. The topological polar surface area (TPSA) is 169 Å². The first kappa shape index (κ1) is 67.5. The van der Waals surface area contributed by atoms with Crippen LogP contribution in [0.25, 0.3) is 43.2 Å². The maximum absolute atomic E-state index is 14.8. The summed E-state index contributed by atoms with van der Waals surface area (Å²) in [5.41, 5.74) is 5.93. The monoisotopic (exact) mass is 1340 g/mol. The molecule has 7 aromatic carbocycles. The van der Waals surface area contributed by atoms with E-state index in [-0.39, 0.29) is 30.6 Å². The number of rotatable bonds is 26. The Bertz CT molecular complexity index is 4240. The van der Waals surface area contributed by atoms with Crippen LogP contribution in [-0.4, -0.2) is 129 Å². The first-order chi connectivity index (χ1) is 45.7. The molecule has 20 heteroatoms. The largest absolute Gasteiger partial charge is 0.543 e. The van der Waals surface area contributed by atoms with E-state index in [1.165, 1.54) is 29.8 Å². The van der Waals surface area contributed by atoms with E-state index in [1.54, 1.807) is 51.8 Å². The molecule has 1 N–H and O–H groups in total. The van der Waals surface area contributed by atoms with Gasteiger partial charge in [-0.05, 0) is 144 Å². The Morgan fingerprint density at radius 3 is 2.01 bits per heavy atom. The van der Waals surface area contributed by atoms with Crippen molar-refractivity contribution in [3.63, 3.8) is 0 Å². The minimum atomic E-state index is -2.39. The van der Waals surface area contributed by atoms with Gasteiger partial charge in [0.15, 0.2) is 5.82 Å². The van der Waals surface area contributed by atoms with Crippen LogP contribution in [0.15, 0.2) is 176 Å². The molecule has 1 aliphatic rings. The summed E-state index contributed by atoms with van der Waals surface area (Å²) in [4.78, 5) is 38.5. The van der Waals surface area contributed by atoms with Gasteiger partial charge in [0.2, 0.25) is 20.3 Å². The molecule has 10 aromatic rings. The number of aromatic nitrogens is 4. The lowest BCUT2D eigenvalue weighted by atomic mass is 9.80. The fourth-order valence-corrected chi connectivity index (χ4v) is 13.8. The van der Waals surface area contributed by atoms with Crippen LogP contribution >= 0.6 is 22.9 Å². The smallest absolute Gasteiger partial charge is 0.345 e. The number of benzene rings is 7. The number of para-hydroxylation sites is 1. The van der Waals surface area contributed by atoms with Gasteiger partial charge in [0.25, 0.3) is 0 Å². The van der Waals surface area contributed by atoms with Crippen LogP contribution in [0.5, 0.6) is 40.4 Å². The lowest BCUT2D eigenvalue weighted by Crippen LogP contribution is -2.49. The van der Waals surface area contributed by atoms with Gasteiger partial charge in [0, 0.05) is 61.3 Å². The molecular formula is C75H78ClFN6O10SSi. The fourth-order valence-electron chi connectivity index (χ4n) is 11.5. The standard InChI is InChI=1S/C75H78ClFN6O10SSi/c1-48-60(33-35-64(68(48)76)91-59(44-83-40-38-82(5)39-41-83)46-90-75(51-16-12-11-13-17-51,52-22-28-56(86-6)29-23-52)53-24-30-57(87-7)31-25-53)66-67-71(79-47-80-72(67)94-69(66)49-20-26-54(77)27-21-49)92-65(73(84)85)43-50-42-58(93-95(9,10)74(2,3)4)32-34-62(50)89-45-55-36-37-78-70(81-55)61-18-14-15-19-63(61)88-8/h11-37,42,47,59,65H,38-41,43-46H2,1-10H3,(H,84,85). The highest BCUT2D eigenvalue weighted by molar-refractivity contribution is 7.22. The molecule has 3 aromatic heterocycles. The minimum absolute atomic E-state index is 0.0128. The summed E-state index contributed by atoms with van der Waals surface area (Å²) >= 11 is 9.00. The van der Waals surface area contributed by atoms with E-state index < -0.39 is 37.9 Å². The number of likely N-dealkylation sites (N-methyl/N-ethyl adjacent to an activating group) is 1. The Balaban J connectivity index is 0.961. The number of ether oxygens (including phenoxy) is 7. The predicted octanol–water partition coefficient (Wildman–Crippen LogP) is 15.7. The maximum Gasteiger partial charge on any atom is 0.345 e. The third-order valence-electron chi connectivity index (χ3n) is 17.8. The molecule has 11 rings (SSSR count). The number of carboxylic acid groups (broad SMARTS) is 1. The summed E-state index contributed by atoms with van der Waals surface area (Å²) in [6.07, 6.45) is 0.756. The number of piperazine rings is 1. The van der Waals surface area contributed by atoms with E-state index in [2.05, 4.69) is 67.8 Å². The Kier molecular flexibility index (Phi) is 20.9. The molecule has 0 radical (unpaired) electrons. The molecule has 0 spiro atoms.